The zero-order valence-corrected chi connectivity index (χ0v) is 33.4. The number of hydrogen-bond donors (Lipinski definition) is 0. The van der Waals surface area contributed by atoms with Crippen LogP contribution in [-0.4, -0.2) is 23.8 Å². The van der Waals surface area contributed by atoms with E-state index in [9.17, 15) is 0 Å². The average molecular weight is 713 g/mol. The van der Waals surface area contributed by atoms with E-state index in [2.05, 4.69) is 180 Å². The van der Waals surface area contributed by atoms with E-state index in [0.29, 0.717) is 5.92 Å². The third-order valence-electron chi connectivity index (χ3n) is 11.0. The molecule has 8 rings (SSSR count). The summed E-state index contributed by atoms with van der Waals surface area (Å²) >= 11 is 0. The van der Waals surface area contributed by atoms with Crippen LogP contribution in [0.3, 0.4) is 0 Å². The molecule has 3 aromatic heterocycles. The second-order valence-electron chi connectivity index (χ2n) is 16.4. The predicted molar refractivity (Wildman–Crippen MR) is 227 cm³/mol. The quantitative estimate of drug-likeness (QED) is 0.157. The molecule has 3 heterocycles. The molecule has 0 aliphatic rings. The number of para-hydroxylation sites is 5. The SMILES string of the molecule is CC(C)c1cc(C(C)C)c(-n2/c(=N\n3c4ccccc4c4ccccc43)n(-c3c(C(C)C)cccc3C(C)C)c3nc4ccccc4nc32)c(C(C)C)c1. The van der Waals surface area contributed by atoms with Gasteiger partial charge >= 0.3 is 0 Å². The molecule has 54 heavy (non-hydrogen) atoms. The molecule has 0 aliphatic carbocycles. The monoisotopic (exact) mass is 712 g/mol. The summed E-state index contributed by atoms with van der Waals surface area (Å²) in [5.41, 5.74) is 14.9. The first-order valence-electron chi connectivity index (χ1n) is 19.7. The molecule has 0 bridgehead atoms. The summed E-state index contributed by atoms with van der Waals surface area (Å²) in [7, 11) is 0. The van der Waals surface area contributed by atoms with Crippen molar-refractivity contribution in [1.29, 1.82) is 0 Å². The Kier molecular flexibility index (Phi) is 9.04. The Balaban J connectivity index is 1.71. The van der Waals surface area contributed by atoms with E-state index in [1.54, 1.807) is 0 Å². The molecule has 0 radical (unpaired) electrons. The van der Waals surface area contributed by atoms with E-state index in [1.807, 2.05) is 6.07 Å². The van der Waals surface area contributed by atoms with E-state index >= 15 is 0 Å². The Morgan fingerprint density at radius 1 is 0.444 bits per heavy atom. The second-order valence-corrected chi connectivity index (χ2v) is 16.4. The van der Waals surface area contributed by atoms with E-state index in [1.165, 1.54) is 38.6 Å². The molecule has 0 saturated heterocycles. The van der Waals surface area contributed by atoms with Crippen LogP contribution in [0.5, 0.6) is 0 Å². The molecule has 6 heteroatoms. The third-order valence-corrected chi connectivity index (χ3v) is 11.0. The van der Waals surface area contributed by atoms with Crippen LogP contribution >= 0.6 is 0 Å². The summed E-state index contributed by atoms with van der Waals surface area (Å²) in [6.07, 6.45) is 0. The topological polar surface area (TPSA) is 52.9 Å². The van der Waals surface area contributed by atoms with Crippen LogP contribution in [0, 0.1) is 0 Å². The van der Waals surface area contributed by atoms with E-state index in [4.69, 9.17) is 15.1 Å². The van der Waals surface area contributed by atoms with Crippen molar-refractivity contribution in [3.8, 4) is 11.4 Å². The Labute approximate surface area is 318 Å². The maximum atomic E-state index is 5.86. The fourth-order valence-electron chi connectivity index (χ4n) is 8.12. The lowest BCUT2D eigenvalue weighted by molar-refractivity contribution is 0.732. The van der Waals surface area contributed by atoms with Crippen molar-refractivity contribution in [2.24, 2.45) is 5.10 Å². The largest absolute Gasteiger partial charge is 0.259 e. The molecule has 0 N–H and O–H groups in total. The molecule has 5 aromatic carbocycles. The van der Waals surface area contributed by atoms with Gasteiger partial charge in [0.1, 0.15) is 0 Å². The first-order valence-corrected chi connectivity index (χ1v) is 19.7. The van der Waals surface area contributed by atoms with Crippen molar-refractivity contribution >= 4 is 44.1 Å². The summed E-state index contributed by atoms with van der Waals surface area (Å²) in [6.45, 7) is 22.9. The van der Waals surface area contributed by atoms with Crippen LogP contribution in [0.15, 0.2) is 108 Å². The molecule has 0 spiro atoms. The molecule has 0 fully saturated rings. The standard InChI is InChI=1S/C48H52N6/c1-28(2)33-26-38(31(7)8)45(39(27-33)32(9)10)53-47-46(49-40-22-13-14-23-41(40)50-47)52(44-34(29(3)4)20-17-21-35(44)30(5)6)48(53)51-54-42-24-15-11-18-36(42)37-19-12-16-25-43(37)54/h11-32H,1-10H3/b51-48-. The molecule has 0 atom stereocenters. The minimum atomic E-state index is 0.241. The van der Waals surface area contributed by atoms with Crippen LogP contribution in [0.1, 0.15) is 127 Å². The Bertz CT molecular complexity index is 2660. The molecule has 0 saturated carbocycles. The van der Waals surface area contributed by atoms with Crippen molar-refractivity contribution < 1.29 is 0 Å². The zero-order chi connectivity index (χ0) is 38.0. The van der Waals surface area contributed by atoms with E-state index < -0.39 is 0 Å². The Morgan fingerprint density at radius 3 is 1.28 bits per heavy atom. The van der Waals surface area contributed by atoms with Gasteiger partial charge in [-0.3, -0.25) is 9.13 Å². The van der Waals surface area contributed by atoms with E-state index in [-0.39, 0.29) is 23.7 Å². The highest BCUT2D eigenvalue weighted by Crippen LogP contribution is 2.38. The maximum absolute atomic E-state index is 5.86. The lowest BCUT2D eigenvalue weighted by Crippen LogP contribution is -2.29. The number of aromatic nitrogens is 5. The van der Waals surface area contributed by atoms with Crippen LogP contribution in [0.2, 0.25) is 0 Å². The molecule has 274 valence electrons. The molecular formula is C48H52N6. The summed E-state index contributed by atoms with van der Waals surface area (Å²) < 4.78 is 6.84. The van der Waals surface area contributed by atoms with Crippen molar-refractivity contribution in [2.75, 3.05) is 0 Å². The Morgan fingerprint density at radius 2 is 0.852 bits per heavy atom. The first-order chi connectivity index (χ1) is 26.0. The molecule has 0 amide bonds. The van der Waals surface area contributed by atoms with Gasteiger partial charge in [-0.2, -0.15) is 0 Å². The fraction of sp³-hybridized carbons (Fsp3) is 0.312. The third kappa shape index (κ3) is 5.74. The van der Waals surface area contributed by atoms with Gasteiger partial charge in [0.15, 0.2) is 11.3 Å². The highest BCUT2D eigenvalue weighted by Gasteiger charge is 2.28. The number of rotatable bonds is 8. The molecule has 0 unspecified atom stereocenters. The number of benzene rings is 5. The highest BCUT2D eigenvalue weighted by atomic mass is 15.4. The van der Waals surface area contributed by atoms with Crippen LogP contribution in [0.4, 0.5) is 0 Å². The van der Waals surface area contributed by atoms with Gasteiger partial charge in [0.2, 0.25) is 5.62 Å². The second kappa shape index (κ2) is 13.7. The summed E-state index contributed by atoms with van der Waals surface area (Å²) in [4.78, 5) is 11.1. The first kappa shape index (κ1) is 35.5. The molecular weight excluding hydrogens is 661 g/mol. The van der Waals surface area contributed by atoms with E-state index in [0.717, 1.165) is 50.4 Å². The fourth-order valence-corrected chi connectivity index (χ4v) is 8.12. The van der Waals surface area contributed by atoms with Crippen molar-refractivity contribution in [3.63, 3.8) is 0 Å². The normalized spacial score (nSPS) is 12.8. The number of imidazole rings is 1. The van der Waals surface area contributed by atoms with Gasteiger partial charge in [-0.1, -0.05) is 148 Å². The minimum absolute atomic E-state index is 0.241. The van der Waals surface area contributed by atoms with Crippen LogP contribution in [0.25, 0.3) is 55.5 Å². The lowest BCUT2D eigenvalue weighted by Gasteiger charge is -2.24. The van der Waals surface area contributed by atoms with Crippen molar-refractivity contribution in [3.05, 3.63) is 137 Å². The van der Waals surface area contributed by atoms with Crippen molar-refractivity contribution in [2.45, 2.75) is 98.8 Å². The molecule has 8 aromatic rings. The van der Waals surface area contributed by atoms with Crippen molar-refractivity contribution in [1.82, 2.24) is 23.8 Å². The van der Waals surface area contributed by atoms with Gasteiger partial charge in [-0.15, -0.1) is 5.10 Å². The van der Waals surface area contributed by atoms with Gasteiger partial charge in [0, 0.05) is 10.8 Å². The summed E-state index contributed by atoms with van der Waals surface area (Å²) in [6, 6.07) is 37.1. The molecule has 0 aliphatic heterocycles. The summed E-state index contributed by atoms with van der Waals surface area (Å²) in [5.74, 6) is 1.37. The average Bonchev–Trinajstić information content (AvgIpc) is 3.64. The molecule has 6 nitrogen and oxygen atoms in total. The van der Waals surface area contributed by atoms with Gasteiger partial charge < -0.3 is 0 Å². The number of fused-ring (bicyclic) bond motifs is 5. The van der Waals surface area contributed by atoms with Crippen LogP contribution in [-0.2, 0) is 0 Å². The van der Waals surface area contributed by atoms with Gasteiger partial charge in [0.25, 0.3) is 0 Å². The van der Waals surface area contributed by atoms with Crippen LogP contribution < -0.4 is 5.62 Å². The highest BCUT2D eigenvalue weighted by molar-refractivity contribution is 6.07. The van der Waals surface area contributed by atoms with Gasteiger partial charge in [-0.25, -0.2) is 14.6 Å². The predicted octanol–water partition coefficient (Wildman–Crippen LogP) is 12.5. The zero-order valence-electron chi connectivity index (χ0n) is 33.4. The van der Waals surface area contributed by atoms with Gasteiger partial charge in [0.05, 0.1) is 33.4 Å². The maximum Gasteiger partial charge on any atom is 0.240 e. The number of hydrogen-bond acceptors (Lipinski definition) is 3. The lowest BCUT2D eigenvalue weighted by atomic mass is 9.87. The van der Waals surface area contributed by atoms with Gasteiger partial charge in [-0.05, 0) is 81.7 Å². The minimum Gasteiger partial charge on any atom is -0.259 e. The smallest absolute Gasteiger partial charge is 0.240 e. The summed E-state index contributed by atoms with van der Waals surface area (Å²) in [5, 5.41) is 8.20. The Hall–Kier alpha value is -5.49. The number of nitrogens with zero attached hydrogens (tertiary/aromatic N) is 6.